The van der Waals surface area contributed by atoms with Crippen molar-refractivity contribution in [1.29, 1.82) is 0 Å². The number of nitrogens with one attached hydrogen (secondary N) is 2. The van der Waals surface area contributed by atoms with Crippen molar-refractivity contribution in [1.82, 2.24) is 15.5 Å². The number of hydrogen-bond donors (Lipinski definition) is 2. The fourth-order valence-electron chi connectivity index (χ4n) is 3.81. The maximum Gasteiger partial charge on any atom is 0.245 e. The molecule has 3 aromatic rings. The molecule has 0 aliphatic carbocycles. The minimum atomic E-state index is -0.780. The Morgan fingerprint density at radius 1 is 0.818 bits per heavy atom. The number of benzene rings is 3. The summed E-state index contributed by atoms with van der Waals surface area (Å²) in [6.45, 7) is 0. The van der Waals surface area contributed by atoms with Gasteiger partial charge in [-0.2, -0.15) is 0 Å². The van der Waals surface area contributed by atoms with E-state index in [1.807, 2.05) is 84.9 Å². The van der Waals surface area contributed by atoms with Crippen LogP contribution in [-0.4, -0.2) is 49.3 Å². The largest absolute Gasteiger partial charge is 0.357 e. The summed E-state index contributed by atoms with van der Waals surface area (Å²) in [6.07, 6.45) is 1.23. The number of carbonyl (C=O) groups excluding carboxylic acids is 3. The van der Waals surface area contributed by atoms with Gasteiger partial charge in [0, 0.05) is 26.9 Å². The highest BCUT2D eigenvalue weighted by Crippen LogP contribution is 2.20. The maximum atomic E-state index is 13.3. The van der Waals surface area contributed by atoms with E-state index >= 15 is 0 Å². The monoisotopic (exact) mass is 443 g/mol. The maximum absolute atomic E-state index is 13.3. The van der Waals surface area contributed by atoms with Crippen LogP contribution < -0.4 is 10.6 Å². The smallest absolute Gasteiger partial charge is 0.245 e. The van der Waals surface area contributed by atoms with Gasteiger partial charge in [-0.3, -0.25) is 14.4 Å². The van der Waals surface area contributed by atoms with E-state index < -0.39 is 12.1 Å². The van der Waals surface area contributed by atoms with Gasteiger partial charge in [-0.25, -0.2) is 0 Å². The van der Waals surface area contributed by atoms with Gasteiger partial charge in [0.1, 0.15) is 12.1 Å². The van der Waals surface area contributed by atoms with E-state index in [0.29, 0.717) is 19.3 Å². The van der Waals surface area contributed by atoms with Gasteiger partial charge in [-0.1, -0.05) is 84.9 Å². The molecule has 0 radical (unpaired) electrons. The van der Waals surface area contributed by atoms with Crippen LogP contribution in [0.5, 0.6) is 0 Å². The second kappa shape index (κ2) is 11.6. The average molecular weight is 444 g/mol. The predicted octanol–water partition coefficient (Wildman–Crippen LogP) is 2.83. The molecule has 2 unspecified atom stereocenters. The molecule has 3 rings (SSSR count). The molecule has 0 bridgehead atoms. The zero-order chi connectivity index (χ0) is 23.6. The quantitative estimate of drug-likeness (QED) is 0.473. The van der Waals surface area contributed by atoms with Crippen LogP contribution >= 0.6 is 0 Å². The van der Waals surface area contributed by atoms with Crippen molar-refractivity contribution in [2.75, 3.05) is 14.1 Å². The lowest BCUT2D eigenvalue weighted by Gasteiger charge is -2.30. The Labute approximate surface area is 194 Å². The van der Waals surface area contributed by atoms with E-state index in [1.165, 1.54) is 4.90 Å². The first-order valence-corrected chi connectivity index (χ1v) is 10.9. The summed E-state index contributed by atoms with van der Waals surface area (Å²) in [5, 5.41) is 5.27. The Bertz CT molecular complexity index is 1050. The van der Waals surface area contributed by atoms with E-state index in [0.717, 1.165) is 22.3 Å². The number of nitrogens with zero attached hydrogens (tertiary/aromatic N) is 1. The number of carbonyl (C=O) groups is 3. The molecular weight excluding hydrogens is 414 g/mol. The number of likely N-dealkylation sites (N-methyl/N-ethyl adjacent to an activating group) is 2. The lowest BCUT2D eigenvalue weighted by molar-refractivity contribution is -0.140. The SMILES string of the molecule is CNC(=O)C(Cc1ccccc1)N(C)C(=O)C(Cc1ccc(-c2ccccc2)cc1)NC=O. The van der Waals surface area contributed by atoms with Crippen molar-refractivity contribution in [3.8, 4) is 11.1 Å². The molecule has 2 N–H and O–H groups in total. The summed E-state index contributed by atoms with van der Waals surface area (Å²) in [7, 11) is 3.15. The molecule has 6 nitrogen and oxygen atoms in total. The van der Waals surface area contributed by atoms with Gasteiger partial charge < -0.3 is 15.5 Å². The third-order valence-electron chi connectivity index (χ3n) is 5.70. The van der Waals surface area contributed by atoms with Crippen LogP contribution in [0.25, 0.3) is 11.1 Å². The van der Waals surface area contributed by atoms with E-state index in [1.54, 1.807) is 14.1 Å². The number of amides is 3. The minimum absolute atomic E-state index is 0.258. The molecule has 6 heteroatoms. The Morgan fingerprint density at radius 3 is 1.94 bits per heavy atom. The lowest BCUT2D eigenvalue weighted by Crippen LogP contribution is -2.54. The molecule has 2 atom stereocenters. The molecule has 3 amide bonds. The second-order valence-corrected chi connectivity index (χ2v) is 7.87. The number of hydrogen-bond acceptors (Lipinski definition) is 3. The molecule has 0 saturated heterocycles. The van der Waals surface area contributed by atoms with Gasteiger partial charge in [0.05, 0.1) is 0 Å². The Hall–Kier alpha value is -3.93. The van der Waals surface area contributed by atoms with Gasteiger partial charge >= 0.3 is 0 Å². The Balaban J connectivity index is 1.76. The van der Waals surface area contributed by atoms with Gasteiger partial charge in [0.2, 0.25) is 18.2 Å². The highest BCUT2D eigenvalue weighted by molar-refractivity contribution is 5.90. The summed E-state index contributed by atoms with van der Waals surface area (Å²) in [4.78, 5) is 38.6. The molecule has 0 aliphatic rings. The van der Waals surface area contributed by atoms with E-state index in [-0.39, 0.29) is 11.8 Å². The topological polar surface area (TPSA) is 78.5 Å². The third-order valence-corrected chi connectivity index (χ3v) is 5.70. The minimum Gasteiger partial charge on any atom is -0.357 e. The first kappa shape index (κ1) is 23.7. The van der Waals surface area contributed by atoms with Gasteiger partial charge in [0.25, 0.3) is 0 Å². The molecular formula is C27H29N3O3. The molecule has 0 spiro atoms. The van der Waals surface area contributed by atoms with Crippen molar-refractivity contribution >= 4 is 18.2 Å². The van der Waals surface area contributed by atoms with Crippen molar-refractivity contribution in [2.45, 2.75) is 24.9 Å². The molecule has 0 fully saturated rings. The van der Waals surface area contributed by atoms with Crippen LogP contribution in [0.3, 0.4) is 0 Å². The van der Waals surface area contributed by atoms with E-state index in [2.05, 4.69) is 10.6 Å². The van der Waals surface area contributed by atoms with Crippen molar-refractivity contribution in [3.63, 3.8) is 0 Å². The van der Waals surface area contributed by atoms with Crippen molar-refractivity contribution < 1.29 is 14.4 Å². The Kier molecular flexibility index (Phi) is 8.36. The fraction of sp³-hybridized carbons (Fsp3) is 0.222. The van der Waals surface area contributed by atoms with Crippen molar-refractivity contribution in [2.24, 2.45) is 0 Å². The highest BCUT2D eigenvalue weighted by atomic mass is 16.2. The zero-order valence-electron chi connectivity index (χ0n) is 18.9. The van der Waals surface area contributed by atoms with Crippen LogP contribution in [0.15, 0.2) is 84.9 Å². The summed E-state index contributed by atoms with van der Waals surface area (Å²) in [5.74, 6) is -0.578. The van der Waals surface area contributed by atoms with Crippen LogP contribution in [0.2, 0.25) is 0 Å². The van der Waals surface area contributed by atoms with E-state index in [9.17, 15) is 14.4 Å². The first-order chi connectivity index (χ1) is 16.0. The van der Waals surface area contributed by atoms with Gasteiger partial charge in [-0.15, -0.1) is 0 Å². The molecule has 33 heavy (non-hydrogen) atoms. The Morgan fingerprint density at radius 2 is 1.36 bits per heavy atom. The standard InChI is InChI=1S/C27H29N3O3/c1-28-26(32)25(18-20-9-5-3-6-10-20)30(2)27(33)24(29-19-31)17-21-13-15-23(16-14-21)22-11-7-4-8-12-22/h3-16,19,24-25H,17-18H2,1-2H3,(H,28,32)(H,29,31). The molecule has 0 heterocycles. The van der Waals surface area contributed by atoms with Crippen LogP contribution in [-0.2, 0) is 27.2 Å². The first-order valence-electron chi connectivity index (χ1n) is 10.9. The molecule has 170 valence electrons. The van der Waals surface area contributed by atoms with Crippen LogP contribution in [0.4, 0.5) is 0 Å². The average Bonchev–Trinajstić information content (AvgIpc) is 2.87. The van der Waals surface area contributed by atoms with Crippen LogP contribution in [0.1, 0.15) is 11.1 Å². The van der Waals surface area contributed by atoms with Gasteiger partial charge in [0.15, 0.2) is 0 Å². The molecule has 0 aromatic heterocycles. The van der Waals surface area contributed by atoms with Crippen LogP contribution in [0, 0.1) is 0 Å². The summed E-state index contributed by atoms with van der Waals surface area (Å²) in [5.41, 5.74) is 4.04. The molecule has 3 aromatic carbocycles. The molecule has 0 aliphatic heterocycles. The normalized spacial score (nSPS) is 12.3. The fourth-order valence-corrected chi connectivity index (χ4v) is 3.81. The summed E-state index contributed by atoms with van der Waals surface area (Å²) >= 11 is 0. The second-order valence-electron chi connectivity index (χ2n) is 7.87. The summed E-state index contributed by atoms with van der Waals surface area (Å²) < 4.78 is 0. The molecule has 0 saturated carbocycles. The third kappa shape index (κ3) is 6.29. The summed E-state index contributed by atoms with van der Waals surface area (Å²) in [6, 6.07) is 26.0. The zero-order valence-corrected chi connectivity index (χ0v) is 18.9. The van der Waals surface area contributed by atoms with Gasteiger partial charge in [-0.05, 0) is 22.3 Å². The van der Waals surface area contributed by atoms with Crippen molar-refractivity contribution in [3.05, 3.63) is 96.1 Å². The highest BCUT2D eigenvalue weighted by Gasteiger charge is 2.31. The number of rotatable bonds is 10. The predicted molar refractivity (Wildman–Crippen MR) is 129 cm³/mol. The van der Waals surface area contributed by atoms with E-state index in [4.69, 9.17) is 0 Å². The lowest BCUT2D eigenvalue weighted by atomic mass is 9.99.